The van der Waals surface area contributed by atoms with Gasteiger partial charge >= 0.3 is 5.97 Å². The third kappa shape index (κ3) is 1.95. The van der Waals surface area contributed by atoms with Crippen LogP contribution in [0.25, 0.3) is 0 Å². The molecule has 0 saturated carbocycles. The minimum absolute atomic E-state index is 0.00178. The van der Waals surface area contributed by atoms with Crippen molar-refractivity contribution in [1.82, 2.24) is 0 Å². The van der Waals surface area contributed by atoms with Crippen molar-refractivity contribution in [2.24, 2.45) is 5.41 Å². The third-order valence-corrected chi connectivity index (χ3v) is 2.16. The summed E-state index contributed by atoms with van der Waals surface area (Å²) in [4.78, 5) is 22.1. The fourth-order valence-corrected chi connectivity index (χ4v) is 1.16. The Hall–Kier alpha value is -1.32. The average molecular weight is 198 g/mol. The summed E-state index contributed by atoms with van der Waals surface area (Å²) in [5.41, 5.74) is -0.407. The first-order valence-corrected chi connectivity index (χ1v) is 4.38. The Bertz CT molecular complexity index is 290. The molecule has 0 aromatic heterocycles. The second-order valence-electron chi connectivity index (χ2n) is 4.07. The van der Waals surface area contributed by atoms with Crippen molar-refractivity contribution in [1.29, 1.82) is 0 Å². The molecule has 0 amide bonds. The highest BCUT2D eigenvalue weighted by Gasteiger charge is 2.46. The molecule has 1 aliphatic heterocycles. The van der Waals surface area contributed by atoms with Crippen LogP contribution in [-0.2, 0) is 19.1 Å². The number of hydrogen-bond donors (Lipinski definition) is 0. The Morgan fingerprint density at radius 3 is 2.57 bits per heavy atom. The van der Waals surface area contributed by atoms with Crippen molar-refractivity contribution in [2.75, 3.05) is 6.61 Å². The van der Waals surface area contributed by atoms with E-state index in [0.29, 0.717) is 6.61 Å². The number of esters is 1. The highest BCUT2D eigenvalue weighted by molar-refractivity contribution is 5.91. The summed E-state index contributed by atoms with van der Waals surface area (Å²) in [6.45, 7) is 8.77. The topological polar surface area (TPSA) is 52.6 Å². The van der Waals surface area contributed by atoms with Gasteiger partial charge in [0.15, 0.2) is 11.5 Å². The number of ketones is 1. The molecule has 0 aliphatic carbocycles. The fourth-order valence-electron chi connectivity index (χ4n) is 1.16. The zero-order valence-corrected chi connectivity index (χ0v) is 8.62. The lowest BCUT2D eigenvalue weighted by molar-refractivity contribution is -0.146. The van der Waals surface area contributed by atoms with Crippen LogP contribution in [-0.4, -0.2) is 24.5 Å². The number of hydrogen-bond acceptors (Lipinski definition) is 4. The lowest BCUT2D eigenvalue weighted by Crippen LogP contribution is -2.33. The lowest BCUT2D eigenvalue weighted by atomic mass is 9.90. The molecule has 1 fully saturated rings. The Balaban J connectivity index is 2.72. The van der Waals surface area contributed by atoms with E-state index >= 15 is 0 Å². The summed E-state index contributed by atoms with van der Waals surface area (Å²) in [6.07, 6.45) is -0.723. The second-order valence-corrected chi connectivity index (χ2v) is 4.07. The zero-order valence-electron chi connectivity index (χ0n) is 8.62. The van der Waals surface area contributed by atoms with Gasteiger partial charge in [-0.25, -0.2) is 4.79 Å². The van der Waals surface area contributed by atoms with Gasteiger partial charge in [-0.2, -0.15) is 0 Å². The average Bonchev–Trinajstić information content (AvgIpc) is 2.31. The smallest absolute Gasteiger partial charge is 0.348 e. The predicted molar refractivity (Wildman–Crippen MR) is 49.4 cm³/mol. The number of allylic oxidation sites excluding steroid dienone is 1. The Kier molecular flexibility index (Phi) is 2.64. The first-order valence-electron chi connectivity index (χ1n) is 4.38. The van der Waals surface area contributed by atoms with Crippen LogP contribution in [0.2, 0.25) is 0 Å². The van der Waals surface area contributed by atoms with Gasteiger partial charge in [-0.05, 0) is 0 Å². The first-order chi connectivity index (χ1) is 6.34. The van der Waals surface area contributed by atoms with E-state index < -0.39 is 17.5 Å². The van der Waals surface area contributed by atoms with E-state index in [0.717, 1.165) is 0 Å². The molecule has 0 aromatic carbocycles. The molecule has 1 atom stereocenters. The minimum Gasteiger partial charge on any atom is -0.475 e. The van der Waals surface area contributed by atoms with Crippen LogP contribution >= 0.6 is 0 Å². The number of ether oxygens (including phenoxy) is 2. The van der Waals surface area contributed by atoms with E-state index in [9.17, 15) is 9.59 Å². The Morgan fingerprint density at radius 2 is 2.21 bits per heavy atom. The summed E-state index contributed by atoms with van der Waals surface area (Å²) in [7, 11) is 0. The van der Waals surface area contributed by atoms with Gasteiger partial charge in [0.25, 0.3) is 0 Å². The molecule has 0 N–H and O–H groups in total. The van der Waals surface area contributed by atoms with E-state index in [1.165, 1.54) is 6.92 Å². The number of cyclic esters (lactones) is 1. The van der Waals surface area contributed by atoms with Crippen LogP contribution < -0.4 is 0 Å². The van der Waals surface area contributed by atoms with Gasteiger partial charge in [-0.1, -0.05) is 20.4 Å². The molecule has 0 bridgehead atoms. The maximum Gasteiger partial charge on any atom is 0.348 e. The lowest BCUT2D eigenvalue weighted by Gasteiger charge is -2.22. The highest BCUT2D eigenvalue weighted by atomic mass is 16.6. The van der Waals surface area contributed by atoms with Gasteiger partial charge in [0, 0.05) is 12.3 Å². The molecule has 1 unspecified atom stereocenters. The summed E-state index contributed by atoms with van der Waals surface area (Å²) >= 11 is 0. The summed E-state index contributed by atoms with van der Waals surface area (Å²) in [6, 6.07) is 0. The molecule has 4 heteroatoms. The third-order valence-electron chi connectivity index (χ3n) is 2.16. The monoisotopic (exact) mass is 198 g/mol. The Morgan fingerprint density at radius 1 is 1.64 bits per heavy atom. The van der Waals surface area contributed by atoms with E-state index in [4.69, 9.17) is 9.47 Å². The van der Waals surface area contributed by atoms with Crippen LogP contribution in [0.4, 0.5) is 0 Å². The molecule has 0 aromatic rings. The van der Waals surface area contributed by atoms with Gasteiger partial charge < -0.3 is 9.47 Å². The second kappa shape index (κ2) is 3.44. The molecule has 1 rings (SSSR count). The normalized spacial score (nSPS) is 24.2. The fraction of sp³-hybridized carbons (Fsp3) is 0.600. The highest BCUT2D eigenvalue weighted by Crippen LogP contribution is 2.32. The van der Waals surface area contributed by atoms with Gasteiger partial charge in [0.05, 0.1) is 0 Å². The maximum atomic E-state index is 11.2. The summed E-state index contributed by atoms with van der Waals surface area (Å²) in [5.74, 6) is -0.708. The molecule has 0 radical (unpaired) electrons. The Labute approximate surface area is 82.9 Å². The largest absolute Gasteiger partial charge is 0.475 e. The van der Waals surface area contributed by atoms with Crippen LogP contribution in [0.5, 0.6) is 0 Å². The number of Topliss-reactive ketones (excluding diaryl/α,β-unsaturated/α-hetero) is 1. The molecule has 1 heterocycles. The van der Waals surface area contributed by atoms with Gasteiger partial charge in [0.1, 0.15) is 6.61 Å². The van der Waals surface area contributed by atoms with E-state index in [1.807, 2.05) is 13.8 Å². The minimum atomic E-state index is -0.723. The van der Waals surface area contributed by atoms with Crippen LogP contribution in [0.15, 0.2) is 12.3 Å². The van der Waals surface area contributed by atoms with Crippen molar-refractivity contribution in [2.45, 2.75) is 26.9 Å². The van der Waals surface area contributed by atoms with Crippen molar-refractivity contribution in [3.8, 4) is 0 Å². The van der Waals surface area contributed by atoms with Crippen LogP contribution in [0.3, 0.4) is 0 Å². The van der Waals surface area contributed by atoms with E-state index in [2.05, 4.69) is 6.58 Å². The van der Waals surface area contributed by atoms with Crippen molar-refractivity contribution < 1.29 is 19.1 Å². The maximum absolute atomic E-state index is 11.2. The van der Waals surface area contributed by atoms with E-state index in [-0.39, 0.29) is 11.5 Å². The van der Waals surface area contributed by atoms with Crippen LogP contribution in [0, 0.1) is 5.41 Å². The molecular formula is C10H14O4. The number of rotatable bonds is 3. The van der Waals surface area contributed by atoms with Gasteiger partial charge in [0.2, 0.25) is 6.10 Å². The van der Waals surface area contributed by atoms with Crippen molar-refractivity contribution in [3.63, 3.8) is 0 Å². The van der Waals surface area contributed by atoms with Crippen LogP contribution in [0.1, 0.15) is 20.8 Å². The molecule has 4 nitrogen and oxygen atoms in total. The SMILES string of the molecule is C=C(OC1C(=O)OCC1(C)C)C(C)=O. The quantitative estimate of drug-likeness (QED) is 0.386. The summed E-state index contributed by atoms with van der Waals surface area (Å²) in [5, 5.41) is 0. The molecular weight excluding hydrogens is 184 g/mol. The number of carbonyl (C=O) groups excluding carboxylic acids is 2. The van der Waals surface area contributed by atoms with Crippen molar-refractivity contribution >= 4 is 11.8 Å². The van der Waals surface area contributed by atoms with Gasteiger partial charge in [-0.3, -0.25) is 4.79 Å². The zero-order chi connectivity index (χ0) is 10.9. The predicted octanol–water partition coefficient (Wildman–Crippen LogP) is 1.06. The molecule has 1 saturated heterocycles. The van der Waals surface area contributed by atoms with E-state index in [1.54, 1.807) is 0 Å². The molecule has 0 spiro atoms. The standard InChI is InChI=1S/C10H14O4/c1-6(11)7(2)14-8-9(12)13-5-10(8,3)4/h8H,2,5H2,1,3-4H3. The number of carbonyl (C=O) groups is 2. The molecule has 78 valence electrons. The van der Waals surface area contributed by atoms with Gasteiger partial charge in [-0.15, -0.1) is 0 Å². The first kappa shape index (κ1) is 10.8. The molecule has 14 heavy (non-hydrogen) atoms. The summed E-state index contributed by atoms with van der Waals surface area (Å²) < 4.78 is 10.0. The molecule has 1 aliphatic rings. The van der Waals surface area contributed by atoms with Crippen molar-refractivity contribution in [3.05, 3.63) is 12.3 Å².